The molecule has 132 valence electrons. The Balaban J connectivity index is 2.42. The minimum atomic E-state index is -0.167. The van der Waals surface area contributed by atoms with Crippen molar-refractivity contribution in [2.24, 2.45) is 0 Å². The van der Waals surface area contributed by atoms with E-state index in [0.717, 1.165) is 37.6 Å². The van der Waals surface area contributed by atoms with E-state index in [9.17, 15) is 0 Å². The number of ether oxygens (including phenoxy) is 2. The molecule has 0 amide bonds. The lowest BCUT2D eigenvalue weighted by molar-refractivity contribution is 0.0314. The normalized spacial score (nSPS) is 23.1. The zero-order valence-corrected chi connectivity index (χ0v) is 15.3. The predicted molar refractivity (Wildman–Crippen MR) is 103 cm³/mol. The summed E-state index contributed by atoms with van der Waals surface area (Å²) in [5.74, 6) is 1.73. The van der Waals surface area contributed by atoms with Crippen LogP contribution in [0.3, 0.4) is 0 Å². The van der Waals surface area contributed by atoms with Crippen LogP contribution in [-0.2, 0) is 9.47 Å². The van der Waals surface area contributed by atoms with Gasteiger partial charge in [0.1, 0.15) is 18.0 Å². The lowest BCUT2D eigenvalue weighted by Crippen LogP contribution is -2.34. The van der Waals surface area contributed by atoms with E-state index in [4.69, 9.17) is 9.47 Å². The summed E-state index contributed by atoms with van der Waals surface area (Å²) < 4.78 is 11.9. The lowest BCUT2D eigenvalue weighted by Gasteiger charge is -2.27. The molecule has 0 radical (unpaired) electrons. The van der Waals surface area contributed by atoms with Crippen molar-refractivity contribution in [2.75, 3.05) is 26.2 Å². The van der Waals surface area contributed by atoms with Crippen LogP contribution in [0.2, 0.25) is 0 Å². The molecule has 0 spiro atoms. The quantitative estimate of drug-likeness (QED) is 0.425. The van der Waals surface area contributed by atoms with Crippen molar-refractivity contribution in [3.63, 3.8) is 0 Å². The summed E-state index contributed by atoms with van der Waals surface area (Å²) in [5, 5.41) is 0. The Kier molecular flexibility index (Phi) is 8.95. The van der Waals surface area contributed by atoms with Crippen LogP contribution < -0.4 is 0 Å². The summed E-state index contributed by atoms with van der Waals surface area (Å²) in [6, 6.07) is 0. The Hall–Kier alpha value is -2.00. The fraction of sp³-hybridized carbons (Fsp3) is 0.429. The number of allylic oxidation sites excluding steroid dienone is 9. The first kappa shape index (κ1) is 20.0. The number of nitrogens with zero attached hydrogens (tertiary/aromatic N) is 1. The van der Waals surface area contributed by atoms with Crippen molar-refractivity contribution in [1.29, 1.82) is 0 Å². The van der Waals surface area contributed by atoms with Crippen LogP contribution in [0, 0.1) is 0 Å². The van der Waals surface area contributed by atoms with Gasteiger partial charge < -0.3 is 9.47 Å². The molecule has 1 fully saturated rings. The molecule has 1 aliphatic heterocycles. The molecule has 1 aliphatic rings. The van der Waals surface area contributed by atoms with E-state index in [1.165, 1.54) is 0 Å². The summed E-state index contributed by atoms with van der Waals surface area (Å²) in [5.41, 5.74) is -0.167. The van der Waals surface area contributed by atoms with Crippen LogP contribution in [0.5, 0.6) is 0 Å². The fourth-order valence-corrected chi connectivity index (χ4v) is 2.57. The van der Waals surface area contributed by atoms with Crippen molar-refractivity contribution < 1.29 is 9.47 Å². The molecule has 24 heavy (non-hydrogen) atoms. The second-order valence-electron chi connectivity index (χ2n) is 6.12. The van der Waals surface area contributed by atoms with Gasteiger partial charge in [-0.2, -0.15) is 0 Å². The Labute approximate surface area is 147 Å². The van der Waals surface area contributed by atoms with E-state index >= 15 is 0 Å². The van der Waals surface area contributed by atoms with Gasteiger partial charge >= 0.3 is 0 Å². The molecule has 0 N–H and O–H groups in total. The molecule has 1 saturated heterocycles. The first-order chi connectivity index (χ1) is 11.5. The average Bonchev–Trinajstić information content (AvgIpc) is 2.93. The molecule has 0 aromatic heterocycles. The molecule has 1 unspecified atom stereocenters. The number of likely N-dealkylation sites (tertiary alicyclic amines) is 1. The van der Waals surface area contributed by atoms with Crippen LogP contribution in [0.25, 0.3) is 0 Å². The Morgan fingerprint density at radius 3 is 2.67 bits per heavy atom. The third-order valence-corrected chi connectivity index (χ3v) is 3.85. The van der Waals surface area contributed by atoms with Crippen molar-refractivity contribution in [1.82, 2.24) is 4.90 Å². The van der Waals surface area contributed by atoms with Gasteiger partial charge in [0.2, 0.25) is 0 Å². The smallest absolute Gasteiger partial charge is 0.120 e. The van der Waals surface area contributed by atoms with E-state index in [1.807, 2.05) is 50.3 Å². The van der Waals surface area contributed by atoms with E-state index in [0.29, 0.717) is 6.61 Å². The van der Waals surface area contributed by atoms with Crippen LogP contribution in [0.4, 0.5) is 0 Å². The molecule has 0 saturated carbocycles. The number of rotatable bonds is 10. The van der Waals surface area contributed by atoms with Gasteiger partial charge in [0.05, 0.1) is 5.76 Å². The van der Waals surface area contributed by atoms with Gasteiger partial charge in [-0.1, -0.05) is 43.5 Å². The molecule has 0 aromatic carbocycles. The molecular formula is C21H31NO2. The first-order valence-corrected chi connectivity index (χ1v) is 8.48. The van der Waals surface area contributed by atoms with Crippen molar-refractivity contribution in [3.8, 4) is 0 Å². The Bertz CT molecular complexity index is 528. The molecule has 0 aromatic rings. The topological polar surface area (TPSA) is 21.7 Å². The van der Waals surface area contributed by atoms with E-state index < -0.39 is 0 Å². The first-order valence-electron chi connectivity index (χ1n) is 8.48. The molecule has 3 heteroatoms. The molecule has 0 aliphatic carbocycles. The molecule has 1 atom stereocenters. The third-order valence-electron chi connectivity index (χ3n) is 3.85. The summed E-state index contributed by atoms with van der Waals surface area (Å²) in [6.45, 7) is 17.1. The minimum absolute atomic E-state index is 0.167. The van der Waals surface area contributed by atoms with Gasteiger partial charge in [0.25, 0.3) is 0 Å². The predicted octanol–water partition coefficient (Wildman–Crippen LogP) is 4.78. The standard InChI is InChI=1S/C21H31NO2/c1-6-9-11-12-19(4)23-17-16-22-15-14-21(5,18-22)24-20(8-3)13-10-7-2/h6-13H,1,3,14-18H2,2,4-5H3/b10-7-,11-9-,19-12+,20-13+. The number of hydrogen-bond acceptors (Lipinski definition) is 3. The molecular weight excluding hydrogens is 298 g/mol. The van der Waals surface area contributed by atoms with Crippen molar-refractivity contribution >= 4 is 0 Å². The highest BCUT2D eigenvalue weighted by molar-refractivity contribution is 5.17. The summed E-state index contributed by atoms with van der Waals surface area (Å²) in [6.07, 6.45) is 16.2. The highest BCUT2D eigenvalue weighted by Gasteiger charge is 2.35. The van der Waals surface area contributed by atoms with Gasteiger partial charge in [-0.15, -0.1) is 0 Å². The van der Waals surface area contributed by atoms with E-state index in [1.54, 1.807) is 12.2 Å². The second-order valence-corrected chi connectivity index (χ2v) is 6.12. The summed E-state index contributed by atoms with van der Waals surface area (Å²) in [7, 11) is 0. The van der Waals surface area contributed by atoms with Gasteiger partial charge in [0, 0.05) is 26.1 Å². The second kappa shape index (κ2) is 10.7. The van der Waals surface area contributed by atoms with Crippen molar-refractivity contribution in [2.45, 2.75) is 32.8 Å². The monoisotopic (exact) mass is 329 g/mol. The van der Waals surface area contributed by atoms with Crippen LogP contribution >= 0.6 is 0 Å². The average molecular weight is 329 g/mol. The molecule has 1 rings (SSSR count). The summed E-state index contributed by atoms with van der Waals surface area (Å²) >= 11 is 0. The van der Waals surface area contributed by atoms with Gasteiger partial charge in [-0.05, 0) is 39.0 Å². The highest BCUT2D eigenvalue weighted by Crippen LogP contribution is 2.27. The maximum absolute atomic E-state index is 6.15. The zero-order chi connectivity index (χ0) is 17.8. The van der Waals surface area contributed by atoms with E-state index in [2.05, 4.69) is 25.0 Å². The fourth-order valence-electron chi connectivity index (χ4n) is 2.57. The van der Waals surface area contributed by atoms with Crippen molar-refractivity contribution in [3.05, 3.63) is 73.3 Å². The zero-order valence-electron chi connectivity index (χ0n) is 15.3. The summed E-state index contributed by atoms with van der Waals surface area (Å²) in [4.78, 5) is 2.38. The van der Waals surface area contributed by atoms with Crippen LogP contribution in [0.15, 0.2) is 73.3 Å². The SMILES string of the molecule is C=C/C=C\C=C(/C)OCCN1CCC(C)(O/C(C=C)=C/C=C\C)C1. The van der Waals surface area contributed by atoms with Crippen LogP contribution in [-0.4, -0.2) is 36.7 Å². The van der Waals surface area contributed by atoms with Gasteiger partial charge in [-0.3, -0.25) is 4.90 Å². The maximum Gasteiger partial charge on any atom is 0.120 e. The minimum Gasteiger partial charge on any atom is -0.497 e. The van der Waals surface area contributed by atoms with Gasteiger partial charge in [0.15, 0.2) is 0 Å². The van der Waals surface area contributed by atoms with Crippen LogP contribution in [0.1, 0.15) is 27.2 Å². The maximum atomic E-state index is 6.15. The number of hydrogen-bond donors (Lipinski definition) is 0. The highest BCUT2D eigenvalue weighted by atomic mass is 16.5. The largest absolute Gasteiger partial charge is 0.497 e. The Morgan fingerprint density at radius 2 is 2.00 bits per heavy atom. The van der Waals surface area contributed by atoms with Gasteiger partial charge in [-0.25, -0.2) is 0 Å². The lowest BCUT2D eigenvalue weighted by atomic mass is 10.1. The molecule has 0 bridgehead atoms. The van der Waals surface area contributed by atoms with E-state index in [-0.39, 0.29) is 5.60 Å². The Morgan fingerprint density at radius 1 is 1.21 bits per heavy atom. The molecule has 1 heterocycles. The third kappa shape index (κ3) is 7.51. The molecule has 3 nitrogen and oxygen atoms in total.